The van der Waals surface area contributed by atoms with Crippen molar-refractivity contribution in [1.82, 2.24) is 4.98 Å². The summed E-state index contributed by atoms with van der Waals surface area (Å²) in [4.78, 5) is 14.9. The molecule has 0 amide bonds. The molecule has 26 heavy (non-hydrogen) atoms. The van der Waals surface area contributed by atoms with Crippen LogP contribution in [0.4, 0.5) is 8.78 Å². The molecule has 0 aliphatic carbocycles. The van der Waals surface area contributed by atoms with Crippen LogP contribution in [0.2, 0.25) is 0 Å². The van der Waals surface area contributed by atoms with Crippen molar-refractivity contribution in [1.29, 1.82) is 0 Å². The smallest absolute Gasteiger partial charge is 0.266 e. The van der Waals surface area contributed by atoms with Gasteiger partial charge in [-0.25, -0.2) is 8.78 Å². The molecule has 4 N–H and O–H groups in total. The van der Waals surface area contributed by atoms with E-state index in [4.69, 9.17) is 5.73 Å². The lowest BCUT2D eigenvalue weighted by molar-refractivity contribution is 0.478. The first-order chi connectivity index (χ1) is 12.4. The van der Waals surface area contributed by atoms with Crippen molar-refractivity contribution in [2.24, 2.45) is 5.73 Å². The van der Waals surface area contributed by atoms with Crippen LogP contribution in [-0.2, 0) is 0 Å². The number of phenolic OH excluding ortho intramolecular Hbond substituents is 1. The van der Waals surface area contributed by atoms with Gasteiger partial charge in [-0.05, 0) is 48.2 Å². The fourth-order valence-corrected chi connectivity index (χ4v) is 4.09. The molecule has 0 saturated heterocycles. The molecule has 0 saturated carbocycles. The average molecular weight is 372 g/mol. The van der Waals surface area contributed by atoms with Crippen LogP contribution in [0.1, 0.15) is 18.5 Å². The van der Waals surface area contributed by atoms with Gasteiger partial charge in [-0.2, -0.15) is 0 Å². The number of aromatic hydroxyl groups is 1. The fourth-order valence-electron chi connectivity index (χ4n) is 3.29. The van der Waals surface area contributed by atoms with Crippen LogP contribution in [0.25, 0.3) is 32.1 Å². The Balaban J connectivity index is 2.14. The lowest BCUT2D eigenvalue weighted by atomic mass is 9.95. The van der Waals surface area contributed by atoms with Gasteiger partial charge in [-0.15, -0.1) is 11.3 Å². The van der Waals surface area contributed by atoms with Gasteiger partial charge in [0, 0.05) is 33.5 Å². The van der Waals surface area contributed by atoms with Crippen molar-refractivity contribution in [3.8, 4) is 16.9 Å². The minimum atomic E-state index is -0.801. The zero-order valence-corrected chi connectivity index (χ0v) is 14.5. The highest BCUT2D eigenvalue weighted by molar-refractivity contribution is 7.17. The third kappa shape index (κ3) is 2.40. The van der Waals surface area contributed by atoms with Crippen LogP contribution in [0.15, 0.2) is 40.5 Å². The molecule has 1 unspecified atom stereocenters. The maximum absolute atomic E-state index is 14.4. The molecule has 2 aromatic carbocycles. The van der Waals surface area contributed by atoms with Crippen LogP contribution in [0.5, 0.6) is 5.75 Å². The minimum absolute atomic E-state index is 0.135. The number of benzene rings is 2. The summed E-state index contributed by atoms with van der Waals surface area (Å²) in [6.45, 7) is 1.50. The first kappa shape index (κ1) is 16.7. The molecule has 7 heteroatoms. The molecule has 0 fully saturated rings. The summed E-state index contributed by atoms with van der Waals surface area (Å²) in [7, 11) is 0. The Hall–Kier alpha value is -2.77. The SMILES string of the molecule is CC(N)c1c(F)cc(-c2c(O)ccc3[nH]c(=O)c4sccc4c23)cc1F. The number of H-pyrrole nitrogens is 1. The Morgan fingerprint density at radius 2 is 1.88 bits per heavy atom. The van der Waals surface area contributed by atoms with Gasteiger partial charge in [0.05, 0.1) is 0 Å². The van der Waals surface area contributed by atoms with Crippen LogP contribution < -0.4 is 11.3 Å². The standard InChI is InChI=1S/C19H14F2N2O2S/c1-8(22)15-11(20)6-9(7-12(15)21)16-14(24)3-2-13-17(16)10-4-5-26-18(10)19(25)23-13/h2-8,24H,22H2,1H3,(H,23,25). The maximum Gasteiger partial charge on any atom is 0.266 e. The van der Waals surface area contributed by atoms with Crippen molar-refractivity contribution in [2.45, 2.75) is 13.0 Å². The van der Waals surface area contributed by atoms with Gasteiger partial charge in [0.15, 0.2) is 0 Å². The monoisotopic (exact) mass is 372 g/mol. The number of fused-ring (bicyclic) bond motifs is 3. The zero-order chi connectivity index (χ0) is 18.6. The van der Waals surface area contributed by atoms with E-state index in [0.717, 1.165) is 12.1 Å². The summed E-state index contributed by atoms with van der Waals surface area (Å²) in [5, 5.41) is 13.3. The molecule has 0 aliphatic heterocycles. The van der Waals surface area contributed by atoms with Gasteiger partial charge >= 0.3 is 0 Å². The quantitative estimate of drug-likeness (QED) is 0.488. The van der Waals surface area contributed by atoms with E-state index in [-0.39, 0.29) is 28.0 Å². The number of nitrogens with two attached hydrogens (primary N) is 1. The van der Waals surface area contributed by atoms with E-state index in [2.05, 4.69) is 4.98 Å². The zero-order valence-electron chi connectivity index (χ0n) is 13.6. The van der Waals surface area contributed by atoms with Crippen LogP contribution >= 0.6 is 11.3 Å². The number of thiophene rings is 1. The summed E-state index contributed by atoms with van der Waals surface area (Å²) in [5.41, 5.74) is 6.09. The highest BCUT2D eigenvalue weighted by Gasteiger charge is 2.20. The van der Waals surface area contributed by atoms with E-state index in [1.165, 1.54) is 24.3 Å². The Morgan fingerprint density at radius 3 is 2.54 bits per heavy atom. The third-order valence-corrected chi connectivity index (χ3v) is 5.31. The Labute approximate surface area is 150 Å². The Kier molecular flexibility index (Phi) is 3.78. The number of aromatic amines is 1. The molecule has 132 valence electrons. The Morgan fingerprint density at radius 1 is 1.19 bits per heavy atom. The molecule has 2 aromatic heterocycles. The number of hydrogen-bond donors (Lipinski definition) is 3. The summed E-state index contributed by atoms with van der Waals surface area (Å²) in [6, 6.07) is 6.21. The molecule has 0 radical (unpaired) electrons. The van der Waals surface area contributed by atoms with E-state index in [0.29, 0.717) is 21.0 Å². The van der Waals surface area contributed by atoms with Crippen molar-refractivity contribution in [2.75, 3.05) is 0 Å². The normalized spacial score (nSPS) is 12.8. The molecule has 0 bridgehead atoms. The van der Waals surface area contributed by atoms with Gasteiger partial charge in [-0.1, -0.05) is 0 Å². The fraction of sp³-hybridized carbons (Fsp3) is 0.105. The predicted octanol–water partition coefficient (Wildman–Crippen LogP) is 4.41. The summed E-state index contributed by atoms with van der Waals surface area (Å²) in [6.07, 6.45) is 0. The summed E-state index contributed by atoms with van der Waals surface area (Å²) >= 11 is 1.26. The average Bonchev–Trinajstić information content (AvgIpc) is 3.04. The van der Waals surface area contributed by atoms with Crippen molar-refractivity contribution >= 4 is 32.3 Å². The molecule has 0 aliphatic rings. The Bertz CT molecular complexity index is 1200. The summed E-state index contributed by atoms with van der Waals surface area (Å²) < 4.78 is 29.4. The maximum atomic E-state index is 14.4. The highest BCUT2D eigenvalue weighted by atomic mass is 32.1. The van der Waals surface area contributed by atoms with Crippen LogP contribution in [0.3, 0.4) is 0 Å². The number of phenols is 1. The number of halogens is 2. The second-order valence-electron chi connectivity index (χ2n) is 6.14. The van der Waals surface area contributed by atoms with Gasteiger partial charge in [0.25, 0.3) is 5.56 Å². The predicted molar refractivity (Wildman–Crippen MR) is 99.6 cm³/mol. The lowest BCUT2D eigenvalue weighted by Crippen LogP contribution is -2.10. The summed E-state index contributed by atoms with van der Waals surface area (Å²) in [5.74, 6) is -1.70. The van der Waals surface area contributed by atoms with Gasteiger partial charge in [0.2, 0.25) is 0 Å². The molecule has 4 nitrogen and oxygen atoms in total. The second-order valence-corrected chi connectivity index (χ2v) is 7.06. The minimum Gasteiger partial charge on any atom is -0.507 e. The van der Waals surface area contributed by atoms with E-state index in [1.807, 2.05) is 0 Å². The highest BCUT2D eigenvalue weighted by Crippen LogP contribution is 2.40. The number of nitrogens with one attached hydrogen (secondary N) is 1. The van der Waals surface area contributed by atoms with Crippen molar-refractivity contribution < 1.29 is 13.9 Å². The van der Waals surface area contributed by atoms with Crippen LogP contribution in [0, 0.1) is 11.6 Å². The van der Waals surface area contributed by atoms with Crippen LogP contribution in [-0.4, -0.2) is 10.1 Å². The van der Waals surface area contributed by atoms with Gasteiger partial charge in [0.1, 0.15) is 22.1 Å². The largest absolute Gasteiger partial charge is 0.507 e. The second kappa shape index (κ2) is 5.89. The topological polar surface area (TPSA) is 79.1 Å². The molecule has 0 spiro atoms. The number of hydrogen-bond acceptors (Lipinski definition) is 4. The molecule has 1 atom stereocenters. The number of rotatable bonds is 2. The van der Waals surface area contributed by atoms with Gasteiger partial charge in [-0.3, -0.25) is 4.79 Å². The molecular weight excluding hydrogens is 358 g/mol. The molecule has 4 aromatic rings. The number of aromatic nitrogens is 1. The number of pyridine rings is 1. The van der Waals surface area contributed by atoms with Crippen molar-refractivity contribution in [3.63, 3.8) is 0 Å². The van der Waals surface area contributed by atoms with Gasteiger partial charge < -0.3 is 15.8 Å². The lowest BCUT2D eigenvalue weighted by Gasteiger charge is -2.14. The third-order valence-electron chi connectivity index (χ3n) is 4.40. The molecule has 4 rings (SSSR count). The first-order valence-electron chi connectivity index (χ1n) is 7.88. The van der Waals surface area contributed by atoms with E-state index in [1.54, 1.807) is 17.5 Å². The van der Waals surface area contributed by atoms with E-state index in [9.17, 15) is 18.7 Å². The molecular formula is C19H14F2N2O2S. The van der Waals surface area contributed by atoms with E-state index >= 15 is 0 Å². The van der Waals surface area contributed by atoms with E-state index < -0.39 is 17.7 Å². The molecule has 2 heterocycles. The first-order valence-corrected chi connectivity index (χ1v) is 8.76. The van der Waals surface area contributed by atoms with Crippen molar-refractivity contribution in [3.05, 3.63) is 63.3 Å².